The van der Waals surface area contributed by atoms with Crippen molar-refractivity contribution in [1.82, 2.24) is 5.32 Å². The van der Waals surface area contributed by atoms with Crippen LogP contribution in [0.5, 0.6) is 5.75 Å². The highest BCUT2D eigenvalue weighted by atomic mass is 79.9. The number of ether oxygens (including phenoxy) is 2. The number of hydrogen-bond donors (Lipinski definition) is 1. The van der Waals surface area contributed by atoms with Crippen LogP contribution in [0.25, 0.3) is 0 Å². The van der Waals surface area contributed by atoms with E-state index in [0.29, 0.717) is 29.7 Å². The number of Topliss-reactive ketones (excluding diaryl/α,β-unsaturated/α-hetero) is 1. The highest BCUT2D eigenvalue weighted by Crippen LogP contribution is 2.45. The van der Waals surface area contributed by atoms with Crippen molar-refractivity contribution in [2.24, 2.45) is 0 Å². The number of rotatable bonds is 6. The molecule has 1 aliphatic carbocycles. The molecule has 1 heterocycles. The second-order valence-electron chi connectivity index (χ2n) is 8.02. The maximum atomic E-state index is 13.3. The molecule has 32 heavy (non-hydrogen) atoms. The zero-order valence-electron chi connectivity index (χ0n) is 18.2. The number of esters is 1. The molecule has 0 spiro atoms. The van der Waals surface area contributed by atoms with Gasteiger partial charge in [-0.25, -0.2) is 4.79 Å². The summed E-state index contributed by atoms with van der Waals surface area (Å²) in [4.78, 5) is 26.4. The van der Waals surface area contributed by atoms with E-state index in [4.69, 9.17) is 9.47 Å². The van der Waals surface area contributed by atoms with E-state index in [2.05, 4.69) is 21.2 Å². The van der Waals surface area contributed by atoms with Gasteiger partial charge < -0.3 is 14.8 Å². The molecule has 0 saturated heterocycles. The Morgan fingerprint density at radius 2 is 1.94 bits per heavy atom. The van der Waals surface area contributed by atoms with Crippen LogP contribution in [-0.4, -0.2) is 25.5 Å². The van der Waals surface area contributed by atoms with Crippen LogP contribution >= 0.6 is 15.9 Å². The molecule has 0 bridgehead atoms. The quantitative estimate of drug-likeness (QED) is 0.557. The first kappa shape index (κ1) is 22.3. The van der Waals surface area contributed by atoms with Crippen LogP contribution in [0.2, 0.25) is 0 Å². The number of allylic oxidation sites excluding steroid dienone is 3. The monoisotopic (exact) mass is 495 g/mol. The van der Waals surface area contributed by atoms with E-state index in [1.807, 2.05) is 55.5 Å². The lowest BCUT2D eigenvalue weighted by Crippen LogP contribution is -2.34. The highest BCUT2D eigenvalue weighted by molar-refractivity contribution is 9.10. The smallest absolute Gasteiger partial charge is 0.336 e. The number of hydrogen-bond acceptors (Lipinski definition) is 5. The van der Waals surface area contributed by atoms with Crippen LogP contribution in [0.15, 0.2) is 75.5 Å². The third-order valence-corrected chi connectivity index (χ3v) is 6.46. The van der Waals surface area contributed by atoms with Gasteiger partial charge in [0.05, 0.1) is 25.2 Å². The fourth-order valence-electron chi connectivity index (χ4n) is 4.48. The van der Waals surface area contributed by atoms with Crippen LogP contribution in [0, 0.1) is 0 Å². The Kier molecular flexibility index (Phi) is 6.80. The Bertz CT molecular complexity index is 1100. The summed E-state index contributed by atoms with van der Waals surface area (Å²) >= 11 is 3.53. The Morgan fingerprint density at radius 3 is 2.69 bits per heavy atom. The number of carbonyl (C=O) groups excluding carboxylic acids is 2. The van der Waals surface area contributed by atoms with Gasteiger partial charge in [0.15, 0.2) is 5.78 Å². The minimum Gasteiger partial charge on any atom is -0.496 e. The largest absolute Gasteiger partial charge is 0.496 e. The van der Waals surface area contributed by atoms with Crippen LogP contribution in [-0.2, 0) is 20.7 Å². The third kappa shape index (κ3) is 4.51. The van der Waals surface area contributed by atoms with E-state index in [1.165, 1.54) is 0 Å². The predicted octanol–water partition coefficient (Wildman–Crippen LogP) is 5.21. The SMILES string of the molecule is COc1ccc(Br)cc1[C@H]1C(C(=O)OCCc2ccccc2)=C(C)NC2=C1C(=O)CCC2. The second kappa shape index (κ2) is 9.74. The van der Waals surface area contributed by atoms with Crippen molar-refractivity contribution in [2.45, 2.75) is 38.5 Å². The minimum absolute atomic E-state index is 0.0628. The van der Waals surface area contributed by atoms with E-state index in [1.54, 1.807) is 7.11 Å². The Morgan fingerprint density at radius 1 is 1.16 bits per heavy atom. The molecule has 166 valence electrons. The highest BCUT2D eigenvalue weighted by Gasteiger charge is 2.40. The van der Waals surface area contributed by atoms with Gasteiger partial charge in [-0.2, -0.15) is 0 Å². The fraction of sp³-hybridized carbons (Fsp3) is 0.308. The first-order valence-corrected chi connectivity index (χ1v) is 11.6. The van der Waals surface area contributed by atoms with E-state index >= 15 is 0 Å². The average molecular weight is 496 g/mol. The summed E-state index contributed by atoms with van der Waals surface area (Å²) in [5.41, 5.74) is 4.60. The maximum absolute atomic E-state index is 13.3. The molecule has 0 fully saturated rings. The molecule has 6 heteroatoms. The van der Waals surface area contributed by atoms with Crippen molar-refractivity contribution in [1.29, 1.82) is 0 Å². The normalized spacial score (nSPS) is 18.2. The summed E-state index contributed by atoms with van der Waals surface area (Å²) in [5, 5.41) is 3.32. The molecule has 4 rings (SSSR count). The van der Waals surface area contributed by atoms with Crippen molar-refractivity contribution >= 4 is 27.7 Å². The number of benzene rings is 2. The molecule has 2 aromatic carbocycles. The van der Waals surface area contributed by atoms with Gasteiger partial charge in [-0.1, -0.05) is 46.3 Å². The summed E-state index contributed by atoms with van der Waals surface area (Å²) in [6.07, 6.45) is 2.69. The molecule has 1 N–H and O–H groups in total. The van der Waals surface area contributed by atoms with Crippen molar-refractivity contribution in [3.63, 3.8) is 0 Å². The Hall–Kier alpha value is -2.86. The first-order chi connectivity index (χ1) is 15.5. The van der Waals surface area contributed by atoms with Gasteiger partial charge in [-0.05, 0) is 43.5 Å². The summed E-state index contributed by atoms with van der Waals surface area (Å²) in [6.45, 7) is 2.13. The molecule has 1 atom stereocenters. The first-order valence-electron chi connectivity index (χ1n) is 10.8. The Balaban J connectivity index is 1.70. The van der Waals surface area contributed by atoms with E-state index < -0.39 is 11.9 Å². The van der Waals surface area contributed by atoms with Gasteiger partial charge in [0.2, 0.25) is 0 Å². The summed E-state index contributed by atoms with van der Waals surface area (Å²) in [5.74, 6) is -0.251. The van der Waals surface area contributed by atoms with Crippen LogP contribution in [0.3, 0.4) is 0 Å². The molecule has 0 aromatic heterocycles. The summed E-state index contributed by atoms with van der Waals surface area (Å²) in [7, 11) is 1.60. The predicted molar refractivity (Wildman–Crippen MR) is 126 cm³/mol. The van der Waals surface area contributed by atoms with Gasteiger partial charge in [0.25, 0.3) is 0 Å². The van der Waals surface area contributed by atoms with Crippen molar-refractivity contribution < 1.29 is 19.1 Å². The van der Waals surface area contributed by atoms with Crippen molar-refractivity contribution in [3.8, 4) is 5.75 Å². The van der Waals surface area contributed by atoms with Crippen LogP contribution in [0.4, 0.5) is 0 Å². The van der Waals surface area contributed by atoms with Crippen LogP contribution < -0.4 is 10.1 Å². The van der Waals surface area contributed by atoms with Gasteiger partial charge >= 0.3 is 5.97 Å². The molecule has 0 saturated carbocycles. The van der Waals surface area contributed by atoms with Gasteiger partial charge in [-0.15, -0.1) is 0 Å². The van der Waals surface area contributed by atoms with Crippen LogP contribution in [0.1, 0.15) is 43.2 Å². The number of nitrogens with one attached hydrogen (secondary N) is 1. The third-order valence-electron chi connectivity index (χ3n) is 5.97. The summed E-state index contributed by atoms with van der Waals surface area (Å²) in [6, 6.07) is 15.6. The molecule has 2 aromatic rings. The van der Waals surface area contributed by atoms with E-state index in [-0.39, 0.29) is 12.4 Å². The van der Waals surface area contributed by atoms with E-state index in [0.717, 1.165) is 39.8 Å². The molecule has 5 nitrogen and oxygen atoms in total. The topological polar surface area (TPSA) is 64.6 Å². The van der Waals surface area contributed by atoms with Crippen molar-refractivity contribution in [3.05, 3.63) is 86.7 Å². The van der Waals surface area contributed by atoms with E-state index in [9.17, 15) is 9.59 Å². The molecule has 0 amide bonds. The lowest BCUT2D eigenvalue weighted by molar-refractivity contribution is -0.139. The lowest BCUT2D eigenvalue weighted by Gasteiger charge is -2.34. The maximum Gasteiger partial charge on any atom is 0.336 e. The molecular weight excluding hydrogens is 470 g/mol. The number of halogens is 1. The minimum atomic E-state index is -0.532. The number of dihydropyridines is 1. The average Bonchev–Trinajstić information content (AvgIpc) is 2.79. The van der Waals surface area contributed by atoms with Gasteiger partial charge in [-0.3, -0.25) is 4.79 Å². The molecular formula is C26H26BrNO4. The second-order valence-corrected chi connectivity index (χ2v) is 8.94. The molecule has 0 radical (unpaired) electrons. The number of ketones is 1. The number of carbonyl (C=O) groups is 2. The lowest BCUT2D eigenvalue weighted by atomic mass is 9.75. The van der Waals surface area contributed by atoms with Gasteiger partial charge in [0, 0.05) is 39.8 Å². The molecule has 2 aliphatic rings. The number of methoxy groups -OCH3 is 1. The molecule has 0 unspecified atom stereocenters. The summed E-state index contributed by atoms with van der Waals surface area (Å²) < 4.78 is 12.2. The van der Waals surface area contributed by atoms with Gasteiger partial charge in [0.1, 0.15) is 5.75 Å². The van der Waals surface area contributed by atoms with Crippen molar-refractivity contribution in [2.75, 3.05) is 13.7 Å². The zero-order valence-corrected chi connectivity index (χ0v) is 19.8. The standard InChI is InChI=1S/C26H26BrNO4/c1-16-23(26(30)32-14-13-17-7-4-3-5-8-17)24(19-15-18(27)11-12-22(19)31-2)25-20(28-16)9-6-10-21(25)29/h3-5,7-8,11-12,15,24,28H,6,9-10,13-14H2,1-2H3/t24-/m0/s1. The Labute approximate surface area is 196 Å². The fourth-order valence-corrected chi connectivity index (χ4v) is 4.86. The zero-order chi connectivity index (χ0) is 22.7. The molecule has 1 aliphatic heterocycles.